The fourth-order valence-electron chi connectivity index (χ4n) is 2.72. The molecule has 0 aliphatic rings. The highest BCUT2D eigenvalue weighted by atomic mass is 32.2. The second-order valence-corrected chi connectivity index (χ2v) is 9.49. The van der Waals surface area contributed by atoms with Crippen LogP contribution >= 0.6 is 11.3 Å². The van der Waals surface area contributed by atoms with Crippen molar-refractivity contribution in [1.29, 1.82) is 0 Å². The van der Waals surface area contributed by atoms with Gasteiger partial charge in [-0.3, -0.25) is 9.52 Å². The number of hydrogen-bond donors (Lipinski definition) is 2. The van der Waals surface area contributed by atoms with Gasteiger partial charge >= 0.3 is 0 Å². The van der Waals surface area contributed by atoms with Crippen LogP contribution in [0, 0.1) is 0 Å². The number of nitrogens with one attached hydrogen (secondary N) is 2. The number of anilines is 2. The topological polar surface area (TPSA) is 97.4 Å². The highest BCUT2D eigenvalue weighted by Gasteiger charge is 2.19. The first-order valence-electron chi connectivity index (χ1n) is 9.35. The van der Waals surface area contributed by atoms with Gasteiger partial charge in [0.2, 0.25) is 0 Å². The summed E-state index contributed by atoms with van der Waals surface area (Å²) in [6.45, 7) is 5.79. The number of nitrogens with zero attached hydrogens (tertiary/aromatic N) is 1. The number of hydrogen-bond acceptors (Lipinski definition) is 6. The minimum Gasteiger partial charge on any atom is -0.481 e. The standard InChI is InChI=1S/C21H23N3O4S2/c1-14(2)18-6-4-5-7-19(18)28-15(3)20(25)23-16-8-10-17(11-9-16)30(26,27)24-21-22-12-13-29-21/h4-15H,1-3H3,(H,22,24)(H,23,25)/t15-/m1/s1. The normalized spacial score (nSPS) is 12.4. The predicted molar refractivity (Wildman–Crippen MR) is 119 cm³/mol. The number of ether oxygens (including phenoxy) is 1. The van der Waals surface area contributed by atoms with Crippen LogP contribution in [0.2, 0.25) is 0 Å². The minimum atomic E-state index is -3.74. The number of carbonyl (C=O) groups excluding carboxylic acids is 1. The van der Waals surface area contributed by atoms with E-state index < -0.39 is 16.1 Å². The first-order valence-corrected chi connectivity index (χ1v) is 11.7. The Labute approximate surface area is 180 Å². The van der Waals surface area contributed by atoms with E-state index in [1.54, 1.807) is 12.3 Å². The molecule has 0 radical (unpaired) electrons. The summed E-state index contributed by atoms with van der Waals surface area (Å²) < 4.78 is 33.0. The number of para-hydroxylation sites is 1. The molecule has 2 aromatic carbocycles. The summed E-state index contributed by atoms with van der Waals surface area (Å²) in [6, 6.07) is 13.5. The number of thiazole rings is 1. The van der Waals surface area contributed by atoms with Crippen molar-refractivity contribution in [1.82, 2.24) is 4.98 Å². The number of sulfonamides is 1. The Morgan fingerprint density at radius 2 is 1.77 bits per heavy atom. The van der Waals surface area contributed by atoms with Gasteiger partial charge in [0, 0.05) is 17.3 Å². The Kier molecular flexibility index (Phi) is 6.73. The van der Waals surface area contributed by atoms with Gasteiger partial charge in [-0.05, 0) is 48.7 Å². The molecule has 0 fully saturated rings. The molecule has 0 spiro atoms. The summed E-state index contributed by atoms with van der Waals surface area (Å²) in [5, 5.41) is 4.72. The van der Waals surface area contributed by atoms with Crippen LogP contribution in [0.5, 0.6) is 5.75 Å². The van der Waals surface area contributed by atoms with E-state index in [1.807, 2.05) is 24.3 Å². The van der Waals surface area contributed by atoms with Crippen molar-refractivity contribution in [3.8, 4) is 5.75 Å². The third kappa shape index (κ3) is 5.37. The Hall–Kier alpha value is -2.91. The highest BCUT2D eigenvalue weighted by Crippen LogP contribution is 2.27. The molecule has 1 aromatic heterocycles. The van der Waals surface area contributed by atoms with E-state index in [4.69, 9.17) is 4.74 Å². The van der Waals surface area contributed by atoms with Crippen LogP contribution < -0.4 is 14.8 Å². The van der Waals surface area contributed by atoms with Crippen LogP contribution in [0.3, 0.4) is 0 Å². The first kappa shape index (κ1) is 21.8. The van der Waals surface area contributed by atoms with E-state index in [0.29, 0.717) is 16.6 Å². The number of carbonyl (C=O) groups is 1. The first-order chi connectivity index (χ1) is 14.3. The maximum atomic E-state index is 12.5. The molecule has 1 heterocycles. The summed E-state index contributed by atoms with van der Waals surface area (Å²) in [5.41, 5.74) is 1.50. The maximum absolute atomic E-state index is 12.5. The smallest absolute Gasteiger partial charge is 0.265 e. The van der Waals surface area contributed by atoms with Gasteiger partial charge in [0.05, 0.1) is 4.90 Å². The van der Waals surface area contributed by atoms with E-state index in [0.717, 1.165) is 5.56 Å². The summed E-state index contributed by atoms with van der Waals surface area (Å²) in [5.74, 6) is 0.610. The highest BCUT2D eigenvalue weighted by molar-refractivity contribution is 7.93. The molecule has 3 rings (SSSR count). The molecule has 7 nitrogen and oxygen atoms in total. The van der Waals surface area contributed by atoms with Gasteiger partial charge < -0.3 is 10.1 Å². The van der Waals surface area contributed by atoms with Crippen molar-refractivity contribution in [3.05, 3.63) is 65.7 Å². The Morgan fingerprint density at radius 1 is 1.07 bits per heavy atom. The predicted octanol–water partition coefficient (Wildman–Crippen LogP) is 4.47. The molecule has 0 bridgehead atoms. The second-order valence-electron chi connectivity index (χ2n) is 6.91. The molecular weight excluding hydrogens is 422 g/mol. The summed E-state index contributed by atoms with van der Waals surface area (Å²) in [6.07, 6.45) is 0.795. The molecule has 0 aliphatic carbocycles. The van der Waals surface area contributed by atoms with Gasteiger partial charge in [-0.2, -0.15) is 0 Å². The molecule has 1 amide bonds. The average molecular weight is 446 g/mol. The van der Waals surface area contributed by atoms with Crippen molar-refractivity contribution in [3.63, 3.8) is 0 Å². The van der Waals surface area contributed by atoms with E-state index in [-0.39, 0.29) is 16.7 Å². The largest absolute Gasteiger partial charge is 0.481 e. The molecule has 2 N–H and O–H groups in total. The van der Waals surface area contributed by atoms with Crippen LogP contribution in [-0.4, -0.2) is 25.4 Å². The van der Waals surface area contributed by atoms with Crippen LogP contribution in [-0.2, 0) is 14.8 Å². The van der Waals surface area contributed by atoms with E-state index in [1.165, 1.54) is 41.8 Å². The summed E-state index contributed by atoms with van der Waals surface area (Å²) in [7, 11) is -3.74. The van der Waals surface area contributed by atoms with Crippen LogP contribution in [0.4, 0.5) is 10.8 Å². The quantitative estimate of drug-likeness (QED) is 0.533. The van der Waals surface area contributed by atoms with Crippen molar-refractivity contribution in [2.45, 2.75) is 37.7 Å². The number of aromatic nitrogens is 1. The van der Waals surface area contributed by atoms with Crippen LogP contribution in [0.1, 0.15) is 32.3 Å². The zero-order valence-corrected chi connectivity index (χ0v) is 18.5. The lowest BCUT2D eigenvalue weighted by molar-refractivity contribution is -0.122. The maximum Gasteiger partial charge on any atom is 0.265 e. The minimum absolute atomic E-state index is 0.0749. The van der Waals surface area contributed by atoms with E-state index in [9.17, 15) is 13.2 Å². The van der Waals surface area contributed by atoms with E-state index in [2.05, 4.69) is 28.9 Å². The lowest BCUT2D eigenvalue weighted by atomic mass is 10.0. The molecular formula is C21H23N3O4S2. The molecule has 0 saturated heterocycles. The Bertz CT molecular complexity index is 1100. The fraction of sp³-hybridized carbons (Fsp3) is 0.238. The number of rotatable bonds is 8. The summed E-state index contributed by atoms with van der Waals surface area (Å²) >= 11 is 1.19. The molecule has 0 saturated carbocycles. The van der Waals surface area contributed by atoms with Crippen molar-refractivity contribution in [2.24, 2.45) is 0 Å². The SMILES string of the molecule is CC(C)c1ccccc1O[C@H](C)C(=O)Nc1ccc(S(=O)(=O)Nc2nccs2)cc1. The van der Waals surface area contributed by atoms with Gasteiger partial charge in [0.1, 0.15) is 5.75 Å². The molecule has 1 atom stereocenters. The lowest BCUT2D eigenvalue weighted by Gasteiger charge is -2.18. The van der Waals surface area contributed by atoms with Gasteiger partial charge in [0.15, 0.2) is 11.2 Å². The van der Waals surface area contributed by atoms with Gasteiger partial charge in [0.25, 0.3) is 15.9 Å². The molecule has 0 unspecified atom stereocenters. The molecule has 9 heteroatoms. The van der Waals surface area contributed by atoms with Crippen molar-refractivity contribution >= 4 is 38.1 Å². The van der Waals surface area contributed by atoms with Crippen molar-refractivity contribution < 1.29 is 17.9 Å². The fourth-order valence-corrected chi connectivity index (χ4v) is 4.51. The number of amides is 1. The second kappa shape index (κ2) is 9.27. The third-order valence-electron chi connectivity index (χ3n) is 4.30. The summed E-state index contributed by atoms with van der Waals surface area (Å²) in [4.78, 5) is 16.5. The Balaban J connectivity index is 1.64. The monoisotopic (exact) mass is 445 g/mol. The molecule has 30 heavy (non-hydrogen) atoms. The van der Waals surface area contributed by atoms with Crippen LogP contribution in [0.15, 0.2) is 65.0 Å². The van der Waals surface area contributed by atoms with Gasteiger partial charge in [-0.1, -0.05) is 32.0 Å². The molecule has 0 aliphatic heterocycles. The van der Waals surface area contributed by atoms with Crippen molar-refractivity contribution in [2.75, 3.05) is 10.0 Å². The van der Waals surface area contributed by atoms with Gasteiger partial charge in [-0.25, -0.2) is 13.4 Å². The van der Waals surface area contributed by atoms with Gasteiger partial charge in [-0.15, -0.1) is 11.3 Å². The zero-order chi connectivity index (χ0) is 21.7. The van der Waals surface area contributed by atoms with E-state index >= 15 is 0 Å². The lowest BCUT2D eigenvalue weighted by Crippen LogP contribution is -2.30. The number of benzene rings is 2. The molecule has 3 aromatic rings. The van der Waals surface area contributed by atoms with Crippen LogP contribution in [0.25, 0.3) is 0 Å². The third-order valence-corrected chi connectivity index (χ3v) is 6.47. The molecule has 158 valence electrons. The Morgan fingerprint density at radius 3 is 2.40 bits per heavy atom. The average Bonchev–Trinajstić information content (AvgIpc) is 3.21. The zero-order valence-electron chi connectivity index (χ0n) is 16.8.